The van der Waals surface area contributed by atoms with E-state index in [2.05, 4.69) is 43.4 Å². The smallest absolute Gasteiger partial charge is 0.118 e. The third-order valence-corrected chi connectivity index (χ3v) is 5.16. The average molecular weight is 309 g/mol. The first-order chi connectivity index (χ1) is 11.2. The molecule has 2 aliphatic rings. The van der Waals surface area contributed by atoms with Crippen molar-refractivity contribution >= 4 is 5.69 Å². The number of ether oxygens (including phenoxy) is 2. The van der Waals surface area contributed by atoms with E-state index in [9.17, 15) is 0 Å². The first kappa shape index (κ1) is 14.6. The van der Waals surface area contributed by atoms with Gasteiger partial charge in [-0.15, -0.1) is 0 Å². The van der Waals surface area contributed by atoms with Crippen molar-refractivity contribution in [2.24, 2.45) is 5.92 Å². The molecule has 0 aromatic heterocycles. The fourth-order valence-corrected chi connectivity index (χ4v) is 4.09. The minimum Gasteiger partial charge on any atom is -0.497 e. The van der Waals surface area contributed by atoms with Crippen molar-refractivity contribution in [2.45, 2.75) is 32.4 Å². The van der Waals surface area contributed by atoms with Gasteiger partial charge in [-0.2, -0.15) is 0 Å². The maximum atomic E-state index is 6.13. The highest BCUT2D eigenvalue weighted by Crippen LogP contribution is 2.50. The summed E-state index contributed by atoms with van der Waals surface area (Å²) in [6.45, 7) is 5.18. The highest BCUT2D eigenvalue weighted by Gasteiger charge is 2.41. The summed E-state index contributed by atoms with van der Waals surface area (Å²) in [5.41, 5.74) is 6.49. The Bertz CT molecular complexity index is 723. The zero-order chi connectivity index (χ0) is 16.0. The van der Waals surface area contributed by atoms with Crippen molar-refractivity contribution in [1.82, 2.24) is 0 Å². The van der Waals surface area contributed by atoms with Crippen molar-refractivity contribution < 1.29 is 9.47 Å². The summed E-state index contributed by atoms with van der Waals surface area (Å²) in [6.07, 6.45) is 1.30. The second kappa shape index (κ2) is 5.57. The zero-order valence-corrected chi connectivity index (χ0v) is 13.9. The molecule has 0 radical (unpaired) electrons. The van der Waals surface area contributed by atoms with E-state index in [1.54, 1.807) is 7.11 Å². The quantitative estimate of drug-likeness (QED) is 0.882. The van der Waals surface area contributed by atoms with Gasteiger partial charge in [0.2, 0.25) is 0 Å². The molecule has 120 valence electrons. The molecule has 0 aliphatic carbocycles. The van der Waals surface area contributed by atoms with Gasteiger partial charge in [-0.1, -0.05) is 29.8 Å². The predicted octanol–water partition coefficient (Wildman–Crippen LogP) is 4.56. The van der Waals surface area contributed by atoms with Crippen molar-refractivity contribution in [1.29, 1.82) is 0 Å². The monoisotopic (exact) mass is 309 g/mol. The predicted molar refractivity (Wildman–Crippen MR) is 92.1 cm³/mol. The standard InChI is InChI=1S/C20H23NO2/c1-12-10-13(2)18-17(11-12)20-16(8-9-23-20)19(21-18)14-4-6-15(22-3)7-5-14/h4-7,10-11,16,19-21H,8-9H2,1-3H3/t16-,19+,20-/m0/s1. The van der Waals surface area contributed by atoms with Gasteiger partial charge in [-0.25, -0.2) is 0 Å². The molecule has 1 fully saturated rings. The fourth-order valence-electron chi connectivity index (χ4n) is 4.09. The highest BCUT2D eigenvalue weighted by molar-refractivity contribution is 5.63. The topological polar surface area (TPSA) is 30.5 Å². The van der Waals surface area contributed by atoms with Crippen LogP contribution in [0.5, 0.6) is 5.75 Å². The van der Waals surface area contributed by atoms with Crippen LogP contribution in [-0.2, 0) is 4.74 Å². The van der Waals surface area contributed by atoms with Crippen LogP contribution in [0.3, 0.4) is 0 Å². The van der Waals surface area contributed by atoms with Crippen LogP contribution in [-0.4, -0.2) is 13.7 Å². The lowest BCUT2D eigenvalue weighted by Gasteiger charge is -2.37. The Morgan fingerprint density at radius 2 is 1.91 bits per heavy atom. The number of nitrogens with one attached hydrogen (secondary N) is 1. The Kier molecular flexibility index (Phi) is 3.53. The molecule has 2 aliphatic heterocycles. The third-order valence-electron chi connectivity index (χ3n) is 5.16. The molecule has 3 atom stereocenters. The van der Waals surface area contributed by atoms with Gasteiger partial charge >= 0.3 is 0 Å². The number of hydrogen-bond acceptors (Lipinski definition) is 3. The Morgan fingerprint density at radius 1 is 1.13 bits per heavy atom. The normalized spacial score (nSPS) is 25.4. The van der Waals surface area contributed by atoms with E-state index in [0.29, 0.717) is 12.0 Å². The number of rotatable bonds is 2. The van der Waals surface area contributed by atoms with E-state index in [1.165, 1.54) is 27.9 Å². The fraction of sp³-hybridized carbons (Fsp3) is 0.400. The van der Waals surface area contributed by atoms with Crippen molar-refractivity contribution in [3.8, 4) is 5.75 Å². The largest absolute Gasteiger partial charge is 0.497 e. The Hall–Kier alpha value is -2.00. The number of fused-ring (bicyclic) bond motifs is 3. The van der Waals surface area contributed by atoms with Crippen LogP contribution in [0.2, 0.25) is 0 Å². The SMILES string of the molecule is COc1ccc([C@H]2Nc3c(C)cc(C)cc3[C@H]3OCC[C@@H]23)cc1. The van der Waals surface area contributed by atoms with E-state index in [-0.39, 0.29) is 6.10 Å². The van der Waals surface area contributed by atoms with Gasteiger partial charge in [0.25, 0.3) is 0 Å². The number of hydrogen-bond donors (Lipinski definition) is 1. The van der Waals surface area contributed by atoms with Crippen molar-refractivity contribution in [2.75, 3.05) is 19.0 Å². The number of aryl methyl sites for hydroxylation is 2. The van der Waals surface area contributed by atoms with E-state index in [4.69, 9.17) is 9.47 Å². The molecule has 2 aromatic rings. The molecule has 4 rings (SSSR count). The first-order valence-electron chi connectivity index (χ1n) is 8.30. The van der Waals surface area contributed by atoms with E-state index < -0.39 is 0 Å². The summed E-state index contributed by atoms with van der Waals surface area (Å²) < 4.78 is 11.4. The van der Waals surface area contributed by atoms with Crippen LogP contribution < -0.4 is 10.1 Å². The molecule has 23 heavy (non-hydrogen) atoms. The summed E-state index contributed by atoms with van der Waals surface area (Å²) in [5.74, 6) is 1.38. The van der Waals surface area contributed by atoms with Crippen molar-refractivity contribution in [3.05, 3.63) is 58.7 Å². The zero-order valence-electron chi connectivity index (χ0n) is 13.9. The maximum absolute atomic E-state index is 6.13. The summed E-state index contributed by atoms with van der Waals surface area (Å²) in [6, 6.07) is 13.2. The second-order valence-electron chi connectivity index (χ2n) is 6.69. The maximum Gasteiger partial charge on any atom is 0.118 e. The molecule has 2 heterocycles. The molecular formula is C20H23NO2. The summed E-state index contributed by atoms with van der Waals surface area (Å²) >= 11 is 0. The molecule has 0 saturated carbocycles. The molecule has 2 aromatic carbocycles. The summed E-state index contributed by atoms with van der Waals surface area (Å²) in [5, 5.41) is 3.80. The third kappa shape index (κ3) is 2.40. The van der Waals surface area contributed by atoms with Gasteiger partial charge in [0.05, 0.1) is 19.3 Å². The van der Waals surface area contributed by atoms with Gasteiger partial charge < -0.3 is 14.8 Å². The first-order valence-corrected chi connectivity index (χ1v) is 8.30. The van der Waals surface area contributed by atoms with E-state index in [1.807, 2.05) is 12.1 Å². The van der Waals surface area contributed by atoms with Gasteiger partial charge in [-0.05, 0) is 43.5 Å². The van der Waals surface area contributed by atoms with Gasteiger partial charge in [0.15, 0.2) is 0 Å². The van der Waals surface area contributed by atoms with E-state index in [0.717, 1.165) is 18.8 Å². The van der Waals surface area contributed by atoms with Crippen LogP contribution in [0, 0.1) is 19.8 Å². The Balaban J connectivity index is 1.77. The lowest BCUT2D eigenvalue weighted by Crippen LogP contribution is -2.29. The molecular weight excluding hydrogens is 286 g/mol. The minimum atomic E-state index is 0.206. The van der Waals surface area contributed by atoms with Crippen LogP contribution in [0.15, 0.2) is 36.4 Å². The van der Waals surface area contributed by atoms with Crippen LogP contribution in [0.4, 0.5) is 5.69 Å². The molecule has 0 spiro atoms. The van der Waals surface area contributed by atoms with Crippen molar-refractivity contribution in [3.63, 3.8) is 0 Å². The molecule has 0 bridgehead atoms. The summed E-state index contributed by atoms with van der Waals surface area (Å²) in [4.78, 5) is 0. The van der Waals surface area contributed by atoms with Gasteiger partial charge in [0, 0.05) is 23.8 Å². The second-order valence-corrected chi connectivity index (χ2v) is 6.69. The number of benzene rings is 2. The van der Waals surface area contributed by atoms with E-state index >= 15 is 0 Å². The Morgan fingerprint density at radius 3 is 2.65 bits per heavy atom. The van der Waals surface area contributed by atoms with Gasteiger partial charge in [-0.3, -0.25) is 0 Å². The van der Waals surface area contributed by atoms with Crippen LogP contribution >= 0.6 is 0 Å². The molecule has 1 N–H and O–H groups in total. The number of methoxy groups -OCH3 is 1. The molecule has 0 amide bonds. The molecule has 3 heteroatoms. The van der Waals surface area contributed by atoms with Crippen LogP contribution in [0.25, 0.3) is 0 Å². The lowest BCUT2D eigenvalue weighted by atomic mass is 9.80. The average Bonchev–Trinajstić information content (AvgIpc) is 3.04. The van der Waals surface area contributed by atoms with Gasteiger partial charge in [0.1, 0.15) is 5.75 Å². The summed E-state index contributed by atoms with van der Waals surface area (Å²) in [7, 11) is 1.71. The molecule has 0 unspecified atom stereocenters. The highest BCUT2D eigenvalue weighted by atomic mass is 16.5. The Labute approximate surface area is 137 Å². The molecule has 1 saturated heterocycles. The van der Waals surface area contributed by atoms with Crippen LogP contribution in [0.1, 0.15) is 40.8 Å². The number of anilines is 1. The minimum absolute atomic E-state index is 0.206. The molecule has 3 nitrogen and oxygen atoms in total. The lowest BCUT2D eigenvalue weighted by molar-refractivity contribution is 0.0828.